The summed E-state index contributed by atoms with van der Waals surface area (Å²) >= 11 is 6.52. The fraction of sp³-hybridized carbons (Fsp3) is 0.167. The molecular formula is C24H21ClN4O4. The monoisotopic (exact) mass is 464 g/mol. The second-order valence-electron chi connectivity index (χ2n) is 8.08. The number of nitrogens with one attached hydrogen (secondary N) is 3. The Morgan fingerprint density at radius 3 is 2.67 bits per heavy atom. The standard InChI is InChI=1S/C24H21ClN4O4/c1-24(12-30)23(32)28-18-11-27-22-19(20(18)29-24)16(10-26-22)21(31)15-8-7-14(9-17(15)25)33-13-5-3-2-4-6-13/h2-11,21,29-31H,12H2,1H3,(H,26,27)(H,28,32). The first-order valence-electron chi connectivity index (χ1n) is 10.3. The van der Waals surface area contributed by atoms with E-state index in [9.17, 15) is 15.0 Å². The van der Waals surface area contributed by atoms with E-state index in [0.717, 1.165) is 0 Å². The van der Waals surface area contributed by atoms with Gasteiger partial charge in [0, 0.05) is 17.3 Å². The van der Waals surface area contributed by atoms with Crippen LogP contribution >= 0.6 is 11.6 Å². The van der Waals surface area contributed by atoms with Gasteiger partial charge in [-0.05, 0) is 31.2 Å². The highest BCUT2D eigenvalue weighted by Crippen LogP contribution is 2.42. The van der Waals surface area contributed by atoms with Gasteiger partial charge in [-0.2, -0.15) is 0 Å². The molecule has 0 saturated carbocycles. The number of rotatable bonds is 5. The fourth-order valence-corrected chi connectivity index (χ4v) is 4.12. The quantitative estimate of drug-likeness (QED) is 0.302. The summed E-state index contributed by atoms with van der Waals surface area (Å²) in [5, 5.41) is 27.8. The number of para-hydroxylation sites is 1. The third-order valence-electron chi connectivity index (χ3n) is 5.74. The molecule has 2 aromatic heterocycles. The SMILES string of the molecule is CC1(CO)Nc2c(cnc3[nH]cc(C(O)c4ccc(Oc5ccccc5)cc4Cl)c23)NC1=O. The summed E-state index contributed by atoms with van der Waals surface area (Å²) in [7, 11) is 0. The molecule has 0 bridgehead atoms. The summed E-state index contributed by atoms with van der Waals surface area (Å²) in [6.07, 6.45) is 2.10. The Bertz CT molecular complexity index is 1360. The van der Waals surface area contributed by atoms with Gasteiger partial charge in [-0.1, -0.05) is 35.9 Å². The Hall–Kier alpha value is -3.59. The van der Waals surface area contributed by atoms with Gasteiger partial charge in [-0.15, -0.1) is 0 Å². The molecule has 0 aliphatic carbocycles. The van der Waals surface area contributed by atoms with E-state index in [-0.39, 0.29) is 5.91 Å². The fourth-order valence-electron chi connectivity index (χ4n) is 3.85. The highest BCUT2D eigenvalue weighted by Gasteiger charge is 2.39. The Morgan fingerprint density at radius 2 is 1.94 bits per heavy atom. The predicted octanol–water partition coefficient (Wildman–Crippen LogP) is 4.21. The Morgan fingerprint density at radius 1 is 1.15 bits per heavy atom. The molecule has 1 amide bonds. The van der Waals surface area contributed by atoms with Crippen LogP contribution in [-0.2, 0) is 4.79 Å². The molecule has 0 fully saturated rings. The minimum atomic E-state index is -1.21. The number of carbonyl (C=O) groups excluding carboxylic acids is 1. The Kier molecular flexibility index (Phi) is 5.20. The van der Waals surface area contributed by atoms with Gasteiger partial charge in [0.25, 0.3) is 5.91 Å². The number of aliphatic hydroxyl groups excluding tert-OH is 2. The van der Waals surface area contributed by atoms with Crippen LogP contribution in [0.3, 0.4) is 0 Å². The molecule has 5 rings (SSSR count). The molecule has 0 radical (unpaired) electrons. The molecular weight excluding hydrogens is 444 g/mol. The number of benzene rings is 2. The lowest BCUT2D eigenvalue weighted by Gasteiger charge is -2.34. The molecule has 168 valence electrons. The van der Waals surface area contributed by atoms with E-state index >= 15 is 0 Å². The average molecular weight is 465 g/mol. The number of aliphatic hydroxyl groups is 2. The van der Waals surface area contributed by atoms with Gasteiger partial charge in [0.2, 0.25) is 0 Å². The minimum Gasteiger partial charge on any atom is -0.457 e. The van der Waals surface area contributed by atoms with Gasteiger partial charge in [0.05, 0.1) is 34.6 Å². The molecule has 3 heterocycles. The number of H-pyrrole nitrogens is 1. The van der Waals surface area contributed by atoms with Crippen molar-refractivity contribution >= 4 is 39.9 Å². The first-order chi connectivity index (χ1) is 15.9. The van der Waals surface area contributed by atoms with Gasteiger partial charge >= 0.3 is 0 Å². The first-order valence-corrected chi connectivity index (χ1v) is 10.7. The molecule has 4 aromatic rings. The van der Waals surface area contributed by atoms with Gasteiger partial charge in [-0.3, -0.25) is 4.79 Å². The largest absolute Gasteiger partial charge is 0.457 e. The number of aromatic amines is 1. The van der Waals surface area contributed by atoms with Crippen molar-refractivity contribution in [2.45, 2.75) is 18.6 Å². The lowest BCUT2D eigenvalue weighted by Crippen LogP contribution is -2.53. The first kappa shape index (κ1) is 21.3. The van der Waals surface area contributed by atoms with Crippen molar-refractivity contribution in [3.63, 3.8) is 0 Å². The zero-order valence-corrected chi connectivity index (χ0v) is 18.3. The molecule has 0 saturated heterocycles. The number of amides is 1. The predicted molar refractivity (Wildman–Crippen MR) is 126 cm³/mol. The molecule has 5 N–H and O–H groups in total. The van der Waals surface area contributed by atoms with Crippen molar-refractivity contribution in [2.75, 3.05) is 17.2 Å². The van der Waals surface area contributed by atoms with Crippen molar-refractivity contribution in [3.05, 3.63) is 77.1 Å². The van der Waals surface area contributed by atoms with E-state index in [4.69, 9.17) is 16.3 Å². The number of fused-ring (bicyclic) bond motifs is 3. The van der Waals surface area contributed by atoms with Crippen molar-refractivity contribution in [2.24, 2.45) is 0 Å². The third-order valence-corrected chi connectivity index (χ3v) is 6.07. The number of ether oxygens (including phenoxy) is 1. The van der Waals surface area contributed by atoms with Crippen LogP contribution in [0.1, 0.15) is 24.2 Å². The van der Waals surface area contributed by atoms with E-state index < -0.39 is 18.2 Å². The van der Waals surface area contributed by atoms with Crippen LogP contribution in [0.15, 0.2) is 60.9 Å². The average Bonchev–Trinajstić information content (AvgIpc) is 3.25. The summed E-state index contributed by atoms with van der Waals surface area (Å²) < 4.78 is 5.82. The Balaban J connectivity index is 1.52. The molecule has 2 atom stereocenters. The molecule has 1 aliphatic heterocycles. The minimum absolute atomic E-state index is 0.337. The van der Waals surface area contributed by atoms with Gasteiger partial charge in [0.15, 0.2) is 0 Å². The lowest BCUT2D eigenvalue weighted by atomic mass is 9.95. The van der Waals surface area contributed by atoms with Crippen LogP contribution in [-0.4, -0.2) is 38.2 Å². The Labute approximate surface area is 194 Å². The van der Waals surface area contributed by atoms with Gasteiger partial charge in [0.1, 0.15) is 28.8 Å². The number of hydrogen-bond acceptors (Lipinski definition) is 6. The van der Waals surface area contributed by atoms with Crippen molar-refractivity contribution in [1.29, 1.82) is 0 Å². The van der Waals surface area contributed by atoms with Crippen molar-refractivity contribution < 1.29 is 19.7 Å². The van der Waals surface area contributed by atoms with Crippen molar-refractivity contribution in [3.8, 4) is 11.5 Å². The van der Waals surface area contributed by atoms with Crippen LogP contribution < -0.4 is 15.4 Å². The maximum atomic E-state index is 12.4. The molecule has 8 nitrogen and oxygen atoms in total. The van der Waals surface area contributed by atoms with E-state index in [1.165, 1.54) is 6.20 Å². The van der Waals surface area contributed by atoms with E-state index in [2.05, 4.69) is 20.6 Å². The highest BCUT2D eigenvalue weighted by molar-refractivity contribution is 6.31. The molecule has 2 aromatic carbocycles. The number of hydrogen-bond donors (Lipinski definition) is 5. The second kappa shape index (κ2) is 8.08. The smallest absolute Gasteiger partial charge is 0.252 e. The van der Waals surface area contributed by atoms with Gasteiger partial charge in [-0.25, -0.2) is 4.98 Å². The van der Waals surface area contributed by atoms with E-state index in [1.54, 1.807) is 31.3 Å². The normalized spacial score (nSPS) is 18.4. The van der Waals surface area contributed by atoms with Crippen LogP contribution in [0.5, 0.6) is 11.5 Å². The van der Waals surface area contributed by atoms with Crippen LogP contribution in [0.2, 0.25) is 5.02 Å². The topological polar surface area (TPSA) is 120 Å². The van der Waals surface area contributed by atoms with E-state index in [0.29, 0.717) is 50.1 Å². The van der Waals surface area contributed by atoms with Crippen LogP contribution in [0, 0.1) is 0 Å². The molecule has 33 heavy (non-hydrogen) atoms. The third kappa shape index (κ3) is 3.68. The van der Waals surface area contributed by atoms with Crippen molar-refractivity contribution in [1.82, 2.24) is 9.97 Å². The number of nitrogens with zero attached hydrogens (tertiary/aromatic N) is 1. The molecule has 1 aliphatic rings. The van der Waals surface area contributed by atoms with E-state index in [1.807, 2.05) is 30.3 Å². The van der Waals surface area contributed by atoms with Gasteiger partial charge < -0.3 is 30.6 Å². The number of carbonyl (C=O) groups is 1. The second-order valence-corrected chi connectivity index (χ2v) is 8.49. The number of aromatic nitrogens is 2. The summed E-state index contributed by atoms with van der Waals surface area (Å²) in [6.45, 7) is 1.20. The lowest BCUT2D eigenvalue weighted by molar-refractivity contribution is -0.121. The molecule has 2 unspecified atom stereocenters. The molecule has 0 spiro atoms. The summed E-state index contributed by atoms with van der Waals surface area (Å²) in [5.74, 6) is 0.854. The highest BCUT2D eigenvalue weighted by atomic mass is 35.5. The number of pyridine rings is 1. The number of halogens is 1. The summed E-state index contributed by atoms with van der Waals surface area (Å²) in [6, 6.07) is 14.4. The molecule has 9 heteroatoms. The number of anilines is 2. The zero-order valence-electron chi connectivity index (χ0n) is 17.6. The maximum Gasteiger partial charge on any atom is 0.252 e. The zero-order chi connectivity index (χ0) is 23.2. The maximum absolute atomic E-state index is 12.4. The van der Waals surface area contributed by atoms with Crippen LogP contribution in [0.4, 0.5) is 11.4 Å². The van der Waals surface area contributed by atoms with Crippen LogP contribution in [0.25, 0.3) is 11.0 Å². The summed E-state index contributed by atoms with van der Waals surface area (Å²) in [5.41, 5.74) is 1.34. The summed E-state index contributed by atoms with van der Waals surface area (Å²) in [4.78, 5) is 19.8.